The molecule has 160 valence electrons. The van der Waals surface area contributed by atoms with Gasteiger partial charge in [0.1, 0.15) is 11.8 Å². The molecule has 0 fully saturated rings. The van der Waals surface area contributed by atoms with Gasteiger partial charge in [0.2, 0.25) is 0 Å². The maximum atomic E-state index is 12.8. The maximum absolute atomic E-state index is 12.8. The largest absolute Gasteiger partial charge is 0.395 e. The van der Waals surface area contributed by atoms with E-state index in [4.69, 9.17) is 5.11 Å². The van der Waals surface area contributed by atoms with Crippen molar-refractivity contribution < 1.29 is 9.90 Å². The normalized spacial score (nSPS) is 10.9. The second kappa shape index (κ2) is 9.52. The number of nitrogens with one attached hydrogen (secondary N) is 1. The molecule has 0 aliphatic heterocycles. The van der Waals surface area contributed by atoms with Crippen LogP contribution in [0.2, 0.25) is 0 Å². The number of aryl methyl sites for hydroxylation is 1. The molecular formula is C25H23N5O2. The number of aromatic nitrogens is 3. The van der Waals surface area contributed by atoms with E-state index in [1.807, 2.05) is 55.7 Å². The number of rotatable bonds is 8. The molecule has 0 saturated carbocycles. The number of benzene rings is 2. The molecule has 32 heavy (non-hydrogen) atoms. The molecule has 4 aromatic rings. The smallest absolute Gasteiger partial charge is 0.185 e. The van der Waals surface area contributed by atoms with E-state index in [1.165, 1.54) is 0 Å². The zero-order chi connectivity index (χ0) is 22.5. The molecule has 0 aliphatic carbocycles. The second-order valence-corrected chi connectivity index (χ2v) is 7.58. The number of nitrogens with zero attached hydrogens (tertiary/aromatic N) is 4. The van der Waals surface area contributed by atoms with Crippen LogP contribution in [0.3, 0.4) is 0 Å². The molecule has 0 amide bonds. The molecule has 2 aromatic carbocycles. The number of aliphatic hydroxyl groups excluding tert-OH is 1. The summed E-state index contributed by atoms with van der Waals surface area (Å²) in [5.74, 6) is -0.145. The lowest BCUT2D eigenvalue weighted by Gasteiger charge is -2.10. The average molecular weight is 425 g/mol. The zero-order valence-corrected chi connectivity index (χ0v) is 17.7. The molecule has 0 aliphatic rings. The number of nitriles is 1. The molecule has 0 saturated heterocycles. The standard InChI is InChI=1S/C25H23N5O2/c1-30-16-20-7-6-19(11-24(20)29-30)21-4-2-3-18(22(21)13-26)12-25(32)23-8-5-17(15-28-23)14-27-9-10-31/h2-8,11,15-16,27,31H,9-10,12,14H2,1H3. The molecule has 0 bridgehead atoms. The highest BCUT2D eigenvalue weighted by Crippen LogP contribution is 2.29. The Bertz CT molecular complexity index is 1300. The van der Waals surface area contributed by atoms with Crippen molar-refractivity contribution in [3.63, 3.8) is 0 Å². The van der Waals surface area contributed by atoms with E-state index in [1.54, 1.807) is 16.9 Å². The third-order valence-corrected chi connectivity index (χ3v) is 5.27. The van der Waals surface area contributed by atoms with Crippen LogP contribution in [0.5, 0.6) is 0 Å². The third kappa shape index (κ3) is 4.57. The van der Waals surface area contributed by atoms with Crippen LogP contribution in [-0.2, 0) is 20.0 Å². The number of aliphatic hydroxyl groups is 1. The molecule has 4 rings (SSSR count). The zero-order valence-electron chi connectivity index (χ0n) is 17.7. The van der Waals surface area contributed by atoms with Crippen molar-refractivity contribution in [3.8, 4) is 17.2 Å². The van der Waals surface area contributed by atoms with Crippen molar-refractivity contribution in [2.75, 3.05) is 13.2 Å². The van der Waals surface area contributed by atoms with Gasteiger partial charge in [-0.2, -0.15) is 10.4 Å². The van der Waals surface area contributed by atoms with Crippen LogP contribution in [0, 0.1) is 11.3 Å². The molecule has 7 heteroatoms. The fourth-order valence-corrected chi connectivity index (χ4v) is 3.70. The van der Waals surface area contributed by atoms with Crippen LogP contribution in [0.1, 0.15) is 27.2 Å². The molecule has 0 spiro atoms. The summed E-state index contributed by atoms with van der Waals surface area (Å²) in [5, 5.41) is 27.3. The summed E-state index contributed by atoms with van der Waals surface area (Å²) < 4.78 is 1.76. The highest BCUT2D eigenvalue weighted by Gasteiger charge is 2.16. The van der Waals surface area contributed by atoms with E-state index >= 15 is 0 Å². The Morgan fingerprint density at radius 3 is 2.84 bits per heavy atom. The first-order valence-corrected chi connectivity index (χ1v) is 10.3. The number of hydrogen-bond acceptors (Lipinski definition) is 6. The number of carbonyl (C=O) groups excluding carboxylic acids is 1. The highest BCUT2D eigenvalue weighted by molar-refractivity contribution is 5.96. The Labute approximate surface area is 186 Å². The molecule has 2 heterocycles. The van der Waals surface area contributed by atoms with E-state index in [2.05, 4.69) is 21.5 Å². The Morgan fingerprint density at radius 2 is 2.09 bits per heavy atom. The van der Waals surface area contributed by atoms with Gasteiger partial charge in [-0.05, 0) is 34.4 Å². The average Bonchev–Trinajstić information content (AvgIpc) is 3.18. The van der Waals surface area contributed by atoms with Crippen molar-refractivity contribution in [2.45, 2.75) is 13.0 Å². The van der Waals surface area contributed by atoms with E-state index < -0.39 is 0 Å². The fourth-order valence-electron chi connectivity index (χ4n) is 3.70. The summed E-state index contributed by atoms with van der Waals surface area (Å²) in [6, 6.07) is 17.3. The minimum Gasteiger partial charge on any atom is -0.395 e. The van der Waals surface area contributed by atoms with Crippen LogP contribution < -0.4 is 5.32 Å². The molecule has 2 aromatic heterocycles. The van der Waals surface area contributed by atoms with Crippen LogP contribution in [-0.4, -0.2) is 38.8 Å². The lowest BCUT2D eigenvalue weighted by Crippen LogP contribution is -2.17. The summed E-state index contributed by atoms with van der Waals surface area (Å²) in [5.41, 5.74) is 4.98. The van der Waals surface area contributed by atoms with E-state index in [-0.39, 0.29) is 18.8 Å². The summed E-state index contributed by atoms with van der Waals surface area (Å²) in [4.78, 5) is 17.1. The van der Waals surface area contributed by atoms with Gasteiger partial charge in [0.15, 0.2) is 5.78 Å². The lowest BCUT2D eigenvalue weighted by molar-refractivity contribution is 0.0988. The molecule has 7 nitrogen and oxygen atoms in total. The van der Waals surface area contributed by atoms with Gasteiger partial charge < -0.3 is 10.4 Å². The number of ketones is 1. The van der Waals surface area contributed by atoms with Gasteiger partial charge in [-0.15, -0.1) is 0 Å². The quantitative estimate of drug-likeness (QED) is 0.332. The number of carbonyl (C=O) groups is 1. The monoisotopic (exact) mass is 425 g/mol. The molecule has 0 atom stereocenters. The van der Waals surface area contributed by atoms with Gasteiger partial charge in [-0.25, -0.2) is 0 Å². The first kappa shape index (κ1) is 21.4. The Kier molecular flexibility index (Phi) is 6.36. The van der Waals surface area contributed by atoms with Crippen LogP contribution in [0.4, 0.5) is 0 Å². The third-order valence-electron chi connectivity index (χ3n) is 5.27. The molecule has 2 N–H and O–H groups in total. The SMILES string of the molecule is Cn1cc2ccc(-c3cccc(CC(=O)c4ccc(CNCCO)cn4)c3C#N)cc2n1. The van der Waals surface area contributed by atoms with Crippen molar-refractivity contribution in [1.29, 1.82) is 5.26 Å². The Morgan fingerprint density at radius 1 is 1.22 bits per heavy atom. The first-order chi connectivity index (χ1) is 15.6. The highest BCUT2D eigenvalue weighted by atomic mass is 16.3. The fraction of sp³-hybridized carbons (Fsp3) is 0.200. The van der Waals surface area contributed by atoms with Crippen LogP contribution in [0.25, 0.3) is 22.0 Å². The van der Waals surface area contributed by atoms with Gasteiger partial charge in [0, 0.05) is 44.3 Å². The number of fused-ring (bicyclic) bond motifs is 1. The number of hydrogen-bond donors (Lipinski definition) is 2. The van der Waals surface area contributed by atoms with Crippen molar-refractivity contribution in [3.05, 3.63) is 83.3 Å². The topological polar surface area (TPSA) is 104 Å². The maximum Gasteiger partial charge on any atom is 0.185 e. The lowest BCUT2D eigenvalue weighted by atomic mass is 9.93. The summed E-state index contributed by atoms with van der Waals surface area (Å²) in [7, 11) is 1.87. The number of Topliss-reactive ketones (excluding diaryl/α,β-unsaturated/α-hetero) is 1. The predicted octanol–water partition coefficient (Wildman–Crippen LogP) is 3.01. The summed E-state index contributed by atoms with van der Waals surface area (Å²) in [6.45, 7) is 1.14. The van der Waals surface area contributed by atoms with E-state index in [0.717, 1.165) is 27.6 Å². The minimum absolute atomic E-state index is 0.0694. The van der Waals surface area contributed by atoms with Gasteiger partial charge in [0.05, 0.1) is 17.7 Å². The Hall–Kier alpha value is -3.86. The van der Waals surface area contributed by atoms with E-state index in [9.17, 15) is 10.1 Å². The van der Waals surface area contributed by atoms with E-state index in [0.29, 0.717) is 29.9 Å². The first-order valence-electron chi connectivity index (χ1n) is 10.3. The van der Waals surface area contributed by atoms with Crippen LogP contribution in [0.15, 0.2) is 60.9 Å². The number of pyridine rings is 1. The molecular weight excluding hydrogens is 402 g/mol. The summed E-state index contributed by atoms with van der Waals surface area (Å²) >= 11 is 0. The van der Waals surface area contributed by atoms with Gasteiger partial charge in [0.25, 0.3) is 0 Å². The second-order valence-electron chi connectivity index (χ2n) is 7.58. The van der Waals surface area contributed by atoms with Crippen molar-refractivity contribution >= 4 is 16.7 Å². The van der Waals surface area contributed by atoms with Gasteiger partial charge >= 0.3 is 0 Å². The van der Waals surface area contributed by atoms with Gasteiger partial charge in [-0.3, -0.25) is 14.5 Å². The Balaban J connectivity index is 1.57. The van der Waals surface area contributed by atoms with Gasteiger partial charge in [-0.1, -0.05) is 36.4 Å². The summed E-state index contributed by atoms with van der Waals surface area (Å²) in [6.07, 6.45) is 3.69. The van der Waals surface area contributed by atoms with Crippen molar-refractivity contribution in [1.82, 2.24) is 20.1 Å². The van der Waals surface area contributed by atoms with Crippen LogP contribution >= 0.6 is 0 Å². The minimum atomic E-state index is -0.145. The predicted molar refractivity (Wildman–Crippen MR) is 122 cm³/mol. The molecule has 0 radical (unpaired) electrons. The molecule has 0 unspecified atom stereocenters. The van der Waals surface area contributed by atoms with Crippen molar-refractivity contribution in [2.24, 2.45) is 7.05 Å².